The highest BCUT2D eigenvalue weighted by molar-refractivity contribution is 7.99. The Bertz CT molecular complexity index is 384. The second-order valence-corrected chi connectivity index (χ2v) is 4.20. The van der Waals surface area contributed by atoms with Crippen LogP contribution < -0.4 is 15.0 Å². The van der Waals surface area contributed by atoms with Crippen LogP contribution in [-0.2, 0) is 10.5 Å². The van der Waals surface area contributed by atoms with E-state index < -0.39 is 5.91 Å². The third-order valence-electron chi connectivity index (χ3n) is 2.07. The van der Waals surface area contributed by atoms with Crippen molar-refractivity contribution in [3.05, 3.63) is 23.8 Å². The molecule has 0 aliphatic carbocycles. The third-order valence-corrected chi connectivity index (χ3v) is 3.08. The van der Waals surface area contributed by atoms with Crippen LogP contribution in [0.5, 0.6) is 11.5 Å². The van der Waals surface area contributed by atoms with Crippen molar-refractivity contribution in [2.24, 2.45) is 0 Å². The molecule has 0 unspecified atom stereocenters. The summed E-state index contributed by atoms with van der Waals surface area (Å²) >= 11 is 1.40. The van der Waals surface area contributed by atoms with Gasteiger partial charge in [-0.15, -0.1) is 11.8 Å². The molecule has 6 heteroatoms. The maximum absolute atomic E-state index is 10.8. The van der Waals surface area contributed by atoms with E-state index in [0.717, 1.165) is 5.56 Å². The maximum Gasteiger partial charge on any atom is 0.253 e. The number of ether oxygens (including phenoxy) is 2. The van der Waals surface area contributed by atoms with Gasteiger partial charge in [-0.25, -0.2) is 5.48 Å². The molecule has 1 amide bonds. The van der Waals surface area contributed by atoms with Gasteiger partial charge in [0.05, 0.1) is 20.0 Å². The highest BCUT2D eigenvalue weighted by atomic mass is 32.2. The average Bonchev–Trinajstić information content (AvgIpc) is 2.38. The van der Waals surface area contributed by atoms with E-state index in [2.05, 4.69) is 0 Å². The normalized spacial score (nSPS) is 9.82. The molecule has 1 aromatic carbocycles. The number of nitrogens with one attached hydrogen (secondary N) is 1. The summed E-state index contributed by atoms with van der Waals surface area (Å²) in [5, 5.41) is 8.33. The van der Waals surface area contributed by atoms with E-state index in [9.17, 15) is 4.79 Å². The molecule has 0 saturated carbocycles. The molecule has 0 aliphatic rings. The number of benzene rings is 1. The summed E-state index contributed by atoms with van der Waals surface area (Å²) in [7, 11) is 3.16. The molecule has 0 aromatic heterocycles. The number of amides is 1. The first-order chi connectivity index (χ1) is 8.21. The molecule has 1 rings (SSSR count). The van der Waals surface area contributed by atoms with Crippen molar-refractivity contribution in [1.82, 2.24) is 5.48 Å². The number of methoxy groups -OCH3 is 2. The van der Waals surface area contributed by atoms with E-state index in [1.165, 1.54) is 11.8 Å². The topological polar surface area (TPSA) is 67.8 Å². The Morgan fingerprint density at radius 1 is 1.35 bits per heavy atom. The Kier molecular flexibility index (Phi) is 5.65. The van der Waals surface area contributed by atoms with Crippen molar-refractivity contribution in [1.29, 1.82) is 0 Å². The molecule has 5 nitrogen and oxygen atoms in total. The number of carbonyl (C=O) groups is 1. The number of rotatable bonds is 6. The van der Waals surface area contributed by atoms with Gasteiger partial charge in [-0.05, 0) is 17.7 Å². The van der Waals surface area contributed by atoms with E-state index >= 15 is 0 Å². The second kappa shape index (κ2) is 7.03. The number of hydroxylamine groups is 1. The second-order valence-electron chi connectivity index (χ2n) is 3.22. The molecule has 0 radical (unpaired) electrons. The molecule has 94 valence electrons. The highest BCUT2D eigenvalue weighted by Gasteiger charge is 2.05. The molecular formula is C11H15NO4S. The number of hydrogen-bond donors (Lipinski definition) is 2. The molecule has 0 saturated heterocycles. The van der Waals surface area contributed by atoms with Crippen molar-refractivity contribution >= 4 is 17.7 Å². The fourth-order valence-corrected chi connectivity index (χ4v) is 2.03. The number of hydrogen-bond acceptors (Lipinski definition) is 5. The summed E-state index contributed by atoms with van der Waals surface area (Å²) < 4.78 is 10.3. The first kappa shape index (κ1) is 13.7. The van der Waals surface area contributed by atoms with Gasteiger partial charge in [-0.1, -0.05) is 6.07 Å². The van der Waals surface area contributed by atoms with Gasteiger partial charge >= 0.3 is 0 Å². The van der Waals surface area contributed by atoms with Crippen LogP contribution in [0.1, 0.15) is 5.56 Å². The van der Waals surface area contributed by atoms with Crippen molar-refractivity contribution < 1.29 is 19.5 Å². The zero-order chi connectivity index (χ0) is 12.7. The molecule has 0 spiro atoms. The van der Waals surface area contributed by atoms with Crippen molar-refractivity contribution in [2.45, 2.75) is 5.75 Å². The van der Waals surface area contributed by atoms with Crippen LogP contribution in [-0.4, -0.2) is 31.1 Å². The lowest BCUT2D eigenvalue weighted by molar-refractivity contribution is -0.126. The SMILES string of the molecule is COc1ccc(CSCC(=O)NO)cc1OC. The first-order valence-corrected chi connectivity index (χ1v) is 6.08. The smallest absolute Gasteiger partial charge is 0.253 e. The van der Waals surface area contributed by atoms with Crippen LogP contribution in [0.25, 0.3) is 0 Å². The van der Waals surface area contributed by atoms with Crippen LogP contribution in [0.2, 0.25) is 0 Å². The number of carbonyl (C=O) groups excluding carboxylic acids is 1. The Hall–Kier alpha value is -1.40. The van der Waals surface area contributed by atoms with E-state index in [1.54, 1.807) is 19.7 Å². The zero-order valence-corrected chi connectivity index (χ0v) is 10.5. The minimum Gasteiger partial charge on any atom is -0.493 e. The summed E-state index contributed by atoms with van der Waals surface area (Å²) in [6.07, 6.45) is 0. The lowest BCUT2D eigenvalue weighted by Crippen LogP contribution is -2.20. The largest absolute Gasteiger partial charge is 0.493 e. The molecule has 0 fully saturated rings. The molecule has 0 heterocycles. The molecule has 2 N–H and O–H groups in total. The predicted molar refractivity (Wildman–Crippen MR) is 65.6 cm³/mol. The molecular weight excluding hydrogens is 242 g/mol. The Morgan fingerprint density at radius 2 is 2.06 bits per heavy atom. The van der Waals surface area contributed by atoms with E-state index in [-0.39, 0.29) is 5.75 Å². The lowest BCUT2D eigenvalue weighted by Gasteiger charge is -2.09. The third kappa shape index (κ3) is 4.16. The van der Waals surface area contributed by atoms with E-state index in [4.69, 9.17) is 14.7 Å². The van der Waals surface area contributed by atoms with Gasteiger partial charge in [0.15, 0.2) is 11.5 Å². The summed E-state index contributed by atoms with van der Waals surface area (Å²) in [4.78, 5) is 10.8. The van der Waals surface area contributed by atoms with Crippen LogP contribution in [0, 0.1) is 0 Å². The predicted octanol–water partition coefficient (Wildman–Crippen LogP) is 1.44. The van der Waals surface area contributed by atoms with Crippen molar-refractivity contribution in [3.8, 4) is 11.5 Å². The lowest BCUT2D eigenvalue weighted by atomic mass is 10.2. The number of thioether (sulfide) groups is 1. The van der Waals surface area contributed by atoms with Crippen LogP contribution >= 0.6 is 11.8 Å². The molecule has 17 heavy (non-hydrogen) atoms. The minimum absolute atomic E-state index is 0.213. The van der Waals surface area contributed by atoms with Gasteiger partial charge in [0.1, 0.15) is 0 Å². The average molecular weight is 257 g/mol. The summed E-state index contributed by atoms with van der Waals surface area (Å²) in [5.41, 5.74) is 2.61. The van der Waals surface area contributed by atoms with Crippen LogP contribution in [0.15, 0.2) is 18.2 Å². The first-order valence-electron chi connectivity index (χ1n) is 4.92. The van der Waals surface area contributed by atoms with Crippen LogP contribution in [0.3, 0.4) is 0 Å². The zero-order valence-electron chi connectivity index (χ0n) is 9.73. The van der Waals surface area contributed by atoms with Gasteiger partial charge in [0.2, 0.25) is 0 Å². The van der Waals surface area contributed by atoms with Crippen molar-refractivity contribution in [2.75, 3.05) is 20.0 Å². The van der Waals surface area contributed by atoms with Crippen LogP contribution in [0.4, 0.5) is 0 Å². The van der Waals surface area contributed by atoms with Gasteiger partial charge in [-0.3, -0.25) is 10.0 Å². The Labute approximate surface area is 104 Å². The van der Waals surface area contributed by atoms with E-state index in [1.807, 2.05) is 18.2 Å². The fraction of sp³-hybridized carbons (Fsp3) is 0.364. The van der Waals surface area contributed by atoms with Gasteiger partial charge < -0.3 is 9.47 Å². The Balaban J connectivity index is 2.57. The highest BCUT2D eigenvalue weighted by Crippen LogP contribution is 2.28. The molecule has 0 aliphatic heterocycles. The van der Waals surface area contributed by atoms with Crippen molar-refractivity contribution in [3.63, 3.8) is 0 Å². The maximum atomic E-state index is 10.8. The summed E-state index contributed by atoms with van der Waals surface area (Å²) in [6, 6.07) is 5.59. The monoisotopic (exact) mass is 257 g/mol. The quantitative estimate of drug-likeness (QED) is 0.596. The Morgan fingerprint density at radius 3 is 2.65 bits per heavy atom. The van der Waals surface area contributed by atoms with Gasteiger partial charge in [-0.2, -0.15) is 0 Å². The molecule has 0 atom stereocenters. The molecule has 1 aromatic rings. The fourth-order valence-electron chi connectivity index (χ4n) is 1.26. The van der Waals surface area contributed by atoms with Gasteiger partial charge in [0.25, 0.3) is 5.91 Å². The minimum atomic E-state index is -0.407. The summed E-state index contributed by atoms with van der Waals surface area (Å²) in [6.45, 7) is 0. The standard InChI is InChI=1S/C11H15NO4S/c1-15-9-4-3-8(5-10(9)16-2)6-17-7-11(13)12-14/h3-5,14H,6-7H2,1-2H3,(H,12,13). The van der Waals surface area contributed by atoms with E-state index in [0.29, 0.717) is 17.3 Å². The molecule has 0 bridgehead atoms. The van der Waals surface area contributed by atoms with Gasteiger partial charge in [0, 0.05) is 5.75 Å². The summed E-state index contributed by atoms with van der Waals surface area (Å²) in [5.74, 6) is 1.81.